The summed E-state index contributed by atoms with van der Waals surface area (Å²) >= 11 is 1.64. The third-order valence-electron chi connectivity index (χ3n) is 5.45. The van der Waals surface area contributed by atoms with Crippen LogP contribution in [0.3, 0.4) is 0 Å². The van der Waals surface area contributed by atoms with Crippen molar-refractivity contribution in [2.24, 2.45) is 0 Å². The molecule has 1 aromatic carbocycles. The highest BCUT2D eigenvalue weighted by Gasteiger charge is 2.24. The Morgan fingerprint density at radius 2 is 1.93 bits per heavy atom. The average molecular weight is 402 g/mol. The van der Waals surface area contributed by atoms with Crippen LogP contribution in [-0.4, -0.2) is 39.0 Å². The van der Waals surface area contributed by atoms with E-state index in [-0.39, 0.29) is 0 Å². The number of rotatable bonds is 6. The molecule has 146 valence electrons. The predicted molar refractivity (Wildman–Crippen MR) is 119 cm³/mol. The second-order valence-corrected chi connectivity index (χ2v) is 8.28. The van der Waals surface area contributed by atoms with Gasteiger partial charge in [-0.25, -0.2) is 9.97 Å². The van der Waals surface area contributed by atoms with E-state index in [1.807, 2.05) is 18.2 Å². The van der Waals surface area contributed by atoms with Crippen molar-refractivity contribution in [3.8, 4) is 11.5 Å². The molecule has 1 fully saturated rings. The quantitative estimate of drug-likeness (QED) is 0.501. The van der Waals surface area contributed by atoms with E-state index in [0.29, 0.717) is 11.9 Å². The number of anilines is 1. The molecule has 4 heterocycles. The van der Waals surface area contributed by atoms with Crippen molar-refractivity contribution in [3.63, 3.8) is 0 Å². The smallest absolute Gasteiger partial charge is 0.181 e. The van der Waals surface area contributed by atoms with Gasteiger partial charge in [-0.3, -0.25) is 9.88 Å². The predicted octanol–water partition coefficient (Wildman–Crippen LogP) is 4.83. The third-order valence-corrected chi connectivity index (χ3v) is 6.26. The van der Waals surface area contributed by atoms with Crippen LogP contribution in [0.15, 0.2) is 66.2 Å². The maximum atomic E-state index is 4.82. The molecule has 5 nitrogen and oxygen atoms in total. The van der Waals surface area contributed by atoms with Crippen LogP contribution in [0.1, 0.15) is 18.4 Å². The number of pyridine rings is 1. The number of nitrogens with zero attached hydrogens (tertiary/aromatic N) is 4. The first-order chi connectivity index (χ1) is 14.4. The van der Waals surface area contributed by atoms with E-state index in [2.05, 4.69) is 57.0 Å². The van der Waals surface area contributed by atoms with Gasteiger partial charge in [0.2, 0.25) is 0 Å². The van der Waals surface area contributed by atoms with Crippen LogP contribution in [0.4, 0.5) is 5.82 Å². The first-order valence-electron chi connectivity index (χ1n) is 10.1. The van der Waals surface area contributed by atoms with Crippen LogP contribution >= 0.6 is 11.3 Å². The lowest BCUT2D eigenvalue weighted by Crippen LogP contribution is -2.34. The van der Waals surface area contributed by atoms with Crippen LogP contribution in [0.2, 0.25) is 0 Å². The number of nitrogens with one attached hydrogen (secondary N) is 1. The van der Waals surface area contributed by atoms with Gasteiger partial charge in [0, 0.05) is 25.3 Å². The fourth-order valence-electron chi connectivity index (χ4n) is 3.97. The largest absolute Gasteiger partial charge is 0.368 e. The second kappa shape index (κ2) is 8.27. The summed E-state index contributed by atoms with van der Waals surface area (Å²) in [6.07, 6.45) is 4.24. The van der Waals surface area contributed by atoms with Crippen molar-refractivity contribution < 1.29 is 0 Å². The lowest BCUT2D eigenvalue weighted by atomic mass is 10.2. The molecule has 29 heavy (non-hydrogen) atoms. The van der Waals surface area contributed by atoms with Gasteiger partial charge in [0.15, 0.2) is 5.82 Å². The van der Waals surface area contributed by atoms with E-state index in [9.17, 15) is 0 Å². The lowest BCUT2D eigenvalue weighted by molar-refractivity contribution is 0.254. The number of likely N-dealkylation sites (tertiary alicyclic amines) is 1. The number of thiophene rings is 1. The Kier molecular flexibility index (Phi) is 5.19. The Hall–Kier alpha value is -2.83. The van der Waals surface area contributed by atoms with Gasteiger partial charge >= 0.3 is 0 Å². The Morgan fingerprint density at radius 1 is 1.03 bits per heavy atom. The van der Waals surface area contributed by atoms with E-state index in [1.165, 1.54) is 18.4 Å². The van der Waals surface area contributed by atoms with Gasteiger partial charge in [0.05, 0.1) is 5.39 Å². The normalized spacial score (nSPS) is 17.0. The maximum Gasteiger partial charge on any atom is 0.181 e. The molecule has 0 aliphatic carbocycles. The van der Waals surface area contributed by atoms with E-state index < -0.39 is 0 Å². The number of benzene rings is 1. The molecule has 4 aromatic rings. The highest BCUT2D eigenvalue weighted by atomic mass is 32.1. The van der Waals surface area contributed by atoms with Crippen LogP contribution in [-0.2, 0) is 6.54 Å². The maximum absolute atomic E-state index is 4.82. The zero-order valence-electron chi connectivity index (χ0n) is 16.2. The molecule has 0 bridgehead atoms. The summed E-state index contributed by atoms with van der Waals surface area (Å²) in [5, 5.41) is 6.79. The molecular weight excluding hydrogens is 378 g/mol. The van der Waals surface area contributed by atoms with E-state index in [1.54, 1.807) is 17.5 Å². The van der Waals surface area contributed by atoms with Gasteiger partial charge in [-0.2, -0.15) is 0 Å². The molecule has 0 radical (unpaired) electrons. The van der Waals surface area contributed by atoms with Gasteiger partial charge in [-0.1, -0.05) is 36.4 Å². The molecule has 1 N–H and O–H groups in total. The molecule has 1 aliphatic rings. The van der Waals surface area contributed by atoms with Crippen LogP contribution < -0.4 is 5.32 Å². The number of hydrogen-bond donors (Lipinski definition) is 1. The molecule has 1 saturated heterocycles. The summed E-state index contributed by atoms with van der Waals surface area (Å²) < 4.78 is 0. The molecule has 1 atom stereocenters. The van der Waals surface area contributed by atoms with Crippen LogP contribution in [0, 0.1) is 0 Å². The summed E-state index contributed by atoms with van der Waals surface area (Å²) in [6.45, 7) is 3.04. The summed E-state index contributed by atoms with van der Waals surface area (Å²) in [7, 11) is 0. The number of fused-ring (bicyclic) bond motifs is 1. The van der Waals surface area contributed by atoms with Gasteiger partial charge in [0.1, 0.15) is 16.3 Å². The lowest BCUT2D eigenvalue weighted by Gasteiger charge is -2.25. The molecule has 0 amide bonds. The third kappa shape index (κ3) is 3.99. The van der Waals surface area contributed by atoms with Crippen molar-refractivity contribution in [1.82, 2.24) is 19.9 Å². The standard InChI is InChI=1S/C23H23N5S/c1-2-7-17(8-3-1)16-28-13-6-9-18(28)15-25-21-19-11-14-29-23(19)27-22(26-21)20-10-4-5-12-24-20/h1-5,7-8,10-12,14,18H,6,9,13,15-16H2,(H,25,26,27). The van der Waals surface area contributed by atoms with Crippen LogP contribution in [0.5, 0.6) is 0 Å². The fraction of sp³-hybridized carbons (Fsp3) is 0.261. The molecule has 0 saturated carbocycles. The number of hydrogen-bond acceptors (Lipinski definition) is 6. The highest BCUT2D eigenvalue weighted by Crippen LogP contribution is 2.28. The average Bonchev–Trinajstić information content (AvgIpc) is 3.42. The fourth-order valence-corrected chi connectivity index (χ4v) is 4.73. The Balaban J connectivity index is 1.35. The zero-order chi connectivity index (χ0) is 19.5. The zero-order valence-corrected chi connectivity index (χ0v) is 17.0. The Morgan fingerprint density at radius 3 is 2.79 bits per heavy atom. The summed E-state index contributed by atoms with van der Waals surface area (Å²) in [4.78, 5) is 17.5. The molecule has 0 spiro atoms. The number of aromatic nitrogens is 3. The molecule has 1 unspecified atom stereocenters. The molecular formula is C23H23N5S. The Labute approximate surface area is 174 Å². The van der Waals surface area contributed by atoms with Crippen LogP contribution in [0.25, 0.3) is 21.7 Å². The summed E-state index contributed by atoms with van der Waals surface area (Å²) in [5.74, 6) is 1.58. The van der Waals surface area contributed by atoms with E-state index in [0.717, 1.165) is 41.4 Å². The summed E-state index contributed by atoms with van der Waals surface area (Å²) in [5.41, 5.74) is 2.18. The minimum atomic E-state index is 0.511. The van der Waals surface area contributed by atoms with Gasteiger partial charge < -0.3 is 5.32 Å². The van der Waals surface area contributed by atoms with Crippen molar-refractivity contribution in [3.05, 3.63) is 71.7 Å². The molecule has 5 rings (SSSR count). The van der Waals surface area contributed by atoms with Gasteiger partial charge in [-0.15, -0.1) is 11.3 Å². The minimum Gasteiger partial charge on any atom is -0.368 e. The minimum absolute atomic E-state index is 0.511. The van der Waals surface area contributed by atoms with Gasteiger partial charge in [-0.05, 0) is 48.5 Å². The molecule has 1 aliphatic heterocycles. The summed E-state index contributed by atoms with van der Waals surface area (Å²) in [6, 6.07) is 19.2. The van der Waals surface area contributed by atoms with E-state index >= 15 is 0 Å². The van der Waals surface area contributed by atoms with E-state index in [4.69, 9.17) is 9.97 Å². The SMILES string of the molecule is c1ccc(CN2CCCC2CNc2nc(-c3ccccn3)nc3sccc23)cc1. The first-order valence-corrected chi connectivity index (χ1v) is 10.9. The monoisotopic (exact) mass is 401 g/mol. The van der Waals surface area contributed by atoms with Gasteiger partial charge in [0.25, 0.3) is 0 Å². The first kappa shape index (κ1) is 18.2. The van der Waals surface area contributed by atoms with Crippen molar-refractivity contribution in [1.29, 1.82) is 0 Å². The topological polar surface area (TPSA) is 53.9 Å². The molecule has 3 aromatic heterocycles. The molecule has 6 heteroatoms. The Bertz CT molecular complexity index is 1080. The van der Waals surface area contributed by atoms with Crippen molar-refractivity contribution in [2.75, 3.05) is 18.4 Å². The van der Waals surface area contributed by atoms with Crippen molar-refractivity contribution >= 4 is 27.4 Å². The van der Waals surface area contributed by atoms with Crippen molar-refractivity contribution in [2.45, 2.75) is 25.4 Å². The second-order valence-electron chi connectivity index (χ2n) is 7.38. The highest BCUT2D eigenvalue weighted by molar-refractivity contribution is 7.16.